The number of hydrogen-bond acceptors (Lipinski definition) is 3. The number of rotatable bonds is 0. The van der Waals surface area contributed by atoms with Gasteiger partial charge in [-0.3, -0.25) is 0 Å². The van der Waals surface area contributed by atoms with Crippen LogP contribution in [0.1, 0.15) is 1.43 Å². The number of nitrogens with two attached hydrogens (primary N) is 1. The summed E-state index contributed by atoms with van der Waals surface area (Å²) in [7, 11) is 0. The van der Waals surface area contributed by atoms with Gasteiger partial charge in [-0.05, 0) is 0 Å². The zero-order chi connectivity index (χ0) is 4.41. The number of anilines is 1. The summed E-state index contributed by atoms with van der Waals surface area (Å²) in [5, 5.41) is 2.48. The van der Waals surface area contributed by atoms with E-state index in [1.165, 1.54) is 11.3 Å². The van der Waals surface area contributed by atoms with Gasteiger partial charge in [0.05, 0.1) is 0 Å². The predicted octanol–water partition coefficient (Wildman–Crippen LogP) is 0.971. The quantitative estimate of drug-likeness (QED) is 0.531. The summed E-state index contributed by atoms with van der Waals surface area (Å²) in [5.74, 6) is 0. The third kappa shape index (κ3) is 0.490. The molecule has 0 aliphatic carbocycles. The van der Waals surface area contributed by atoms with E-state index in [0.29, 0.717) is 5.13 Å². The average molecular weight is 103 g/mol. The monoisotopic (exact) mass is 103 g/mol. The molecule has 0 fully saturated rings. The number of nitrogen functional groups attached to an aromatic ring is 1. The van der Waals surface area contributed by atoms with Gasteiger partial charge < -0.3 is 5.73 Å². The predicted molar refractivity (Wildman–Crippen MR) is 28.6 cm³/mol. The molecule has 0 amide bonds. The smallest absolute Gasteiger partial charge is 0.179 e. The maximum Gasteiger partial charge on any atom is 0.179 e. The number of nitrogens with zero attached hydrogens (tertiary/aromatic N) is 1. The second-order valence-corrected chi connectivity index (χ2v) is 1.80. The Hall–Kier alpha value is -0.570. The molecule has 0 aliphatic rings. The van der Waals surface area contributed by atoms with Crippen LogP contribution in [0.2, 0.25) is 0 Å². The molecule has 3 heteroatoms. The van der Waals surface area contributed by atoms with Gasteiger partial charge >= 0.3 is 0 Å². The van der Waals surface area contributed by atoms with Gasteiger partial charge in [0.15, 0.2) is 5.13 Å². The fourth-order valence-electron chi connectivity index (χ4n) is 0.234. The normalized spacial score (nSPS) is 8.67. The minimum absolute atomic E-state index is 0. The first-order valence-corrected chi connectivity index (χ1v) is 2.42. The molecule has 0 saturated heterocycles. The van der Waals surface area contributed by atoms with Gasteiger partial charge in [0.1, 0.15) is 0 Å². The topological polar surface area (TPSA) is 38.9 Å². The molecule has 0 radical (unpaired) electrons. The Kier molecular flexibility index (Phi) is 0.759. The molecular formula is C3H6N2S. The first kappa shape index (κ1) is 3.61. The van der Waals surface area contributed by atoms with E-state index in [0.717, 1.165) is 0 Å². The maximum atomic E-state index is 5.19. The molecule has 1 aromatic rings. The molecule has 2 nitrogen and oxygen atoms in total. The van der Waals surface area contributed by atoms with Crippen molar-refractivity contribution < 1.29 is 1.43 Å². The molecule has 6 heavy (non-hydrogen) atoms. The Balaban J connectivity index is 0.000000360. The van der Waals surface area contributed by atoms with Crippen molar-refractivity contribution in [3.8, 4) is 0 Å². The molecule has 0 saturated carbocycles. The Morgan fingerprint density at radius 2 is 2.83 bits per heavy atom. The highest BCUT2D eigenvalue weighted by Crippen LogP contribution is 2.02. The summed E-state index contributed by atoms with van der Waals surface area (Å²) in [6.07, 6.45) is 1.68. The van der Waals surface area contributed by atoms with E-state index in [-0.39, 0.29) is 1.43 Å². The molecule has 0 bridgehead atoms. The van der Waals surface area contributed by atoms with Crippen molar-refractivity contribution in [3.63, 3.8) is 0 Å². The number of aromatic nitrogens is 1. The molecule has 0 atom stereocenters. The highest BCUT2D eigenvalue weighted by molar-refractivity contribution is 7.13. The summed E-state index contributed by atoms with van der Waals surface area (Å²) in [6, 6.07) is 0. The van der Waals surface area contributed by atoms with E-state index in [1.54, 1.807) is 6.20 Å². The Morgan fingerprint density at radius 3 is 3.00 bits per heavy atom. The standard InChI is InChI=1S/C3H4N2S.H2/c4-3-5-1-2-6-3;/h1-2H,(H2,4,5);1H/i;1+1. The Bertz CT molecular complexity index is 116. The molecular weight excluding hydrogens is 96.1 g/mol. The summed E-state index contributed by atoms with van der Waals surface area (Å²) in [5.41, 5.74) is 5.19. The lowest BCUT2D eigenvalue weighted by Gasteiger charge is -1.67. The van der Waals surface area contributed by atoms with Crippen molar-refractivity contribution in [2.24, 2.45) is 0 Å². The molecule has 1 heterocycles. The van der Waals surface area contributed by atoms with Crippen molar-refractivity contribution in [2.45, 2.75) is 0 Å². The van der Waals surface area contributed by atoms with Crippen LogP contribution in [-0.2, 0) is 0 Å². The largest absolute Gasteiger partial charge is 0.375 e. The van der Waals surface area contributed by atoms with Gasteiger partial charge in [0.2, 0.25) is 0 Å². The van der Waals surface area contributed by atoms with Crippen molar-refractivity contribution in [1.29, 1.82) is 0 Å². The van der Waals surface area contributed by atoms with Gasteiger partial charge in [-0.25, -0.2) is 4.98 Å². The van der Waals surface area contributed by atoms with Crippen LogP contribution in [0.25, 0.3) is 0 Å². The SMILES string of the molecule is Nc1nccs1.[2HH]. The Labute approximate surface area is 41.1 Å². The molecule has 0 aliphatic heterocycles. The average Bonchev–Trinajstić information content (AvgIpc) is 1.86. The fourth-order valence-corrected chi connectivity index (χ4v) is 0.617. The van der Waals surface area contributed by atoms with Crippen LogP contribution >= 0.6 is 11.3 Å². The fraction of sp³-hybridized carbons (Fsp3) is 0. The lowest BCUT2D eigenvalue weighted by Crippen LogP contribution is -1.77. The van der Waals surface area contributed by atoms with Crippen molar-refractivity contribution in [3.05, 3.63) is 11.6 Å². The Morgan fingerprint density at radius 1 is 2.00 bits per heavy atom. The highest BCUT2D eigenvalue weighted by atomic mass is 32.1. The van der Waals surface area contributed by atoms with E-state index in [4.69, 9.17) is 5.73 Å². The van der Waals surface area contributed by atoms with Crippen molar-refractivity contribution in [2.75, 3.05) is 5.73 Å². The van der Waals surface area contributed by atoms with Crippen LogP contribution < -0.4 is 5.73 Å². The van der Waals surface area contributed by atoms with Gasteiger partial charge in [-0.15, -0.1) is 11.3 Å². The zero-order valence-electron chi connectivity index (χ0n) is 3.09. The van der Waals surface area contributed by atoms with E-state index >= 15 is 0 Å². The molecule has 0 spiro atoms. The van der Waals surface area contributed by atoms with Crippen LogP contribution in [0.5, 0.6) is 0 Å². The molecule has 0 unspecified atom stereocenters. The molecule has 1 aromatic heterocycles. The highest BCUT2D eigenvalue weighted by Gasteiger charge is 1.76. The van der Waals surface area contributed by atoms with E-state index in [1.807, 2.05) is 5.38 Å². The van der Waals surface area contributed by atoms with E-state index in [2.05, 4.69) is 4.98 Å². The number of thiazole rings is 1. The lowest BCUT2D eigenvalue weighted by molar-refractivity contribution is 1.43. The first-order chi connectivity index (χ1) is 2.89. The van der Waals surface area contributed by atoms with Gasteiger partial charge in [0.25, 0.3) is 0 Å². The first-order valence-electron chi connectivity index (χ1n) is 1.54. The molecule has 1 rings (SSSR count). The molecule has 0 aromatic carbocycles. The second-order valence-electron chi connectivity index (χ2n) is 0.870. The summed E-state index contributed by atoms with van der Waals surface area (Å²) < 4.78 is 0. The third-order valence-corrected chi connectivity index (χ3v) is 1.06. The van der Waals surface area contributed by atoms with Crippen LogP contribution in [-0.4, -0.2) is 4.98 Å². The van der Waals surface area contributed by atoms with E-state index in [9.17, 15) is 0 Å². The van der Waals surface area contributed by atoms with Crippen molar-refractivity contribution >= 4 is 16.5 Å². The van der Waals surface area contributed by atoms with Gasteiger partial charge in [-0.2, -0.15) is 0 Å². The van der Waals surface area contributed by atoms with Crippen molar-refractivity contribution in [1.82, 2.24) is 4.98 Å². The van der Waals surface area contributed by atoms with Crippen LogP contribution in [0.15, 0.2) is 11.6 Å². The summed E-state index contributed by atoms with van der Waals surface area (Å²) in [4.78, 5) is 3.71. The number of hydrogen-bond donors (Lipinski definition) is 1. The molecule has 2 N–H and O–H groups in total. The van der Waals surface area contributed by atoms with E-state index < -0.39 is 0 Å². The lowest BCUT2D eigenvalue weighted by atomic mass is 11.0. The van der Waals surface area contributed by atoms with Crippen LogP contribution in [0.3, 0.4) is 0 Å². The van der Waals surface area contributed by atoms with Crippen LogP contribution in [0.4, 0.5) is 5.13 Å². The third-order valence-electron chi connectivity index (χ3n) is 0.451. The summed E-state index contributed by atoms with van der Waals surface area (Å²) >= 11 is 1.44. The minimum Gasteiger partial charge on any atom is -0.375 e. The minimum atomic E-state index is 0. The second kappa shape index (κ2) is 1.26. The van der Waals surface area contributed by atoms with Gasteiger partial charge in [0, 0.05) is 13.0 Å². The summed E-state index contributed by atoms with van der Waals surface area (Å²) in [6.45, 7) is 0. The van der Waals surface area contributed by atoms with Gasteiger partial charge in [-0.1, -0.05) is 0 Å². The van der Waals surface area contributed by atoms with Crippen LogP contribution in [0, 0.1) is 0 Å². The maximum absolute atomic E-state index is 5.19. The zero-order valence-corrected chi connectivity index (χ0v) is 3.90. The molecule has 34 valence electrons.